The lowest BCUT2D eigenvalue weighted by Crippen LogP contribution is -1.83. The van der Waals surface area contributed by atoms with Gasteiger partial charge >= 0.3 is 0 Å². The Labute approximate surface area is 91.2 Å². The average Bonchev–Trinajstić information content (AvgIpc) is 2.31. The van der Waals surface area contributed by atoms with E-state index >= 15 is 0 Å². The van der Waals surface area contributed by atoms with E-state index in [1.807, 2.05) is 36.4 Å². The third-order valence-corrected chi connectivity index (χ3v) is 2.43. The van der Waals surface area contributed by atoms with Crippen LogP contribution in [-0.4, -0.2) is 8.42 Å². The van der Waals surface area contributed by atoms with Gasteiger partial charge in [0, 0.05) is 10.8 Å². The van der Waals surface area contributed by atoms with Crippen molar-refractivity contribution in [3.63, 3.8) is 0 Å². The lowest BCUT2D eigenvalue weighted by molar-refractivity contribution is 0.613. The lowest BCUT2D eigenvalue weighted by Gasteiger charge is -1.85. The van der Waals surface area contributed by atoms with Crippen LogP contribution < -0.4 is 0 Å². The summed E-state index contributed by atoms with van der Waals surface area (Å²) in [5.74, 6) is 0. The zero-order valence-electron chi connectivity index (χ0n) is 8.46. The molecule has 1 rings (SSSR count). The molecule has 0 saturated carbocycles. The summed E-state index contributed by atoms with van der Waals surface area (Å²) in [5, 5.41) is 1.69. The topological polar surface area (TPSA) is 34.1 Å². The van der Waals surface area contributed by atoms with E-state index in [-0.39, 0.29) is 0 Å². The Morgan fingerprint density at radius 3 is 1.60 bits per heavy atom. The second-order valence-electron chi connectivity index (χ2n) is 2.54. The summed E-state index contributed by atoms with van der Waals surface area (Å²) in [5.41, 5.74) is 1.17. The predicted octanol–water partition coefficient (Wildman–Crippen LogP) is 3.02. The molecule has 0 unspecified atom stereocenters. The molecule has 15 heavy (non-hydrogen) atoms. The first-order valence-corrected chi connectivity index (χ1v) is 5.84. The molecule has 80 valence electrons. The standard InChI is InChI=1S/C8H8.C4H6O2S/c1-2-8-6-4-3-5-7-8;1-3-7(5,6)4-2/h2-7H,1H2;3-4H,1-2H2. The van der Waals surface area contributed by atoms with Gasteiger partial charge in [-0.05, 0) is 5.56 Å². The molecule has 0 aromatic heterocycles. The van der Waals surface area contributed by atoms with Crippen LogP contribution in [0.15, 0.2) is 60.9 Å². The fraction of sp³-hybridized carbons (Fsp3) is 0. The predicted molar refractivity (Wildman–Crippen MR) is 65.8 cm³/mol. The van der Waals surface area contributed by atoms with Crippen molar-refractivity contribution in [2.75, 3.05) is 0 Å². The number of rotatable bonds is 3. The average molecular weight is 222 g/mol. The van der Waals surface area contributed by atoms with Crippen LogP contribution in [0.4, 0.5) is 0 Å². The van der Waals surface area contributed by atoms with E-state index in [4.69, 9.17) is 0 Å². The van der Waals surface area contributed by atoms with Crippen LogP contribution in [0.5, 0.6) is 0 Å². The maximum Gasteiger partial charge on any atom is 0.191 e. The molecule has 0 atom stereocenters. The fourth-order valence-corrected chi connectivity index (χ4v) is 0.793. The van der Waals surface area contributed by atoms with Gasteiger partial charge in [-0.2, -0.15) is 0 Å². The van der Waals surface area contributed by atoms with E-state index in [1.165, 1.54) is 5.56 Å². The number of benzene rings is 1. The van der Waals surface area contributed by atoms with Gasteiger partial charge in [0.15, 0.2) is 9.84 Å². The summed E-state index contributed by atoms with van der Waals surface area (Å²) >= 11 is 0. The molecule has 3 heteroatoms. The van der Waals surface area contributed by atoms with Gasteiger partial charge in [0.25, 0.3) is 0 Å². The molecule has 0 saturated heterocycles. The van der Waals surface area contributed by atoms with Crippen LogP contribution in [0.25, 0.3) is 6.08 Å². The minimum atomic E-state index is -3.13. The highest BCUT2D eigenvalue weighted by molar-refractivity contribution is 7.97. The van der Waals surface area contributed by atoms with Gasteiger partial charge in [-0.1, -0.05) is 56.1 Å². The van der Waals surface area contributed by atoms with Crippen molar-refractivity contribution in [2.24, 2.45) is 0 Å². The van der Waals surface area contributed by atoms with Crippen LogP contribution in [-0.2, 0) is 9.84 Å². The maximum absolute atomic E-state index is 10.1. The molecule has 1 aromatic carbocycles. The van der Waals surface area contributed by atoms with Gasteiger partial charge in [0.05, 0.1) is 0 Å². The van der Waals surface area contributed by atoms with Crippen molar-refractivity contribution in [2.45, 2.75) is 0 Å². The molecule has 0 bridgehead atoms. The lowest BCUT2D eigenvalue weighted by atomic mass is 10.2. The van der Waals surface area contributed by atoms with E-state index in [9.17, 15) is 8.42 Å². The summed E-state index contributed by atoms with van der Waals surface area (Å²) < 4.78 is 20.3. The van der Waals surface area contributed by atoms with E-state index in [1.54, 1.807) is 0 Å². The van der Waals surface area contributed by atoms with E-state index in [0.29, 0.717) is 0 Å². The van der Waals surface area contributed by atoms with Gasteiger partial charge in [-0.25, -0.2) is 8.42 Å². The molecule has 1 aromatic rings. The van der Waals surface area contributed by atoms with Crippen molar-refractivity contribution in [3.05, 3.63) is 66.4 Å². The molecular weight excluding hydrogens is 208 g/mol. The molecule has 0 aliphatic carbocycles. The first kappa shape index (κ1) is 13.4. The Balaban J connectivity index is 0.000000265. The second kappa shape index (κ2) is 6.79. The first-order chi connectivity index (χ1) is 7.05. The molecular formula is C12H14O2S. The van der Waals surface area contributed by atoms with Gasteiger partial charge in [-0.15, -0.1) is 0 Å². The quantitative estimate of drug-likeness (QED) is 0.787. The van der Waals surface area contributed by atoms with Gasteiger partial charge < -0.3 is 0 Å². The molecule has 0 amide bonds. The zero-order chi connectivity index (χ0) is 11.7. The Kier molecular flexibility index (Phi) is 6.06. The zero-order valence-corrected chi connectivity index (χ0v) is 9.28. The fourth-order valence-electron chi connectivity index (χ4n) is 0.657. The minimum Gasteiger partial charge on any atom is -0.220 e. The van der Waals surface area contributed by atoms with Crippen molar-refractivity contribution in [3.8, 4) is 0 Å². The third-order valence-electron chi connectivity index (χ3n) is 1.50. The minimum absolute atomic E-state index is 0.847. The van der Waals surface area contributed by atoms with Crippen LogP contribution in [0.3, 0.4) is 0 Å². The highest BCUT2D eigenvalue weighted by Crippen LogP contribution is 1.97. The monoisotopic (exact) mass is 222 g/mol. The summed E-state index contributed by atoms with van der Waals surface area (Å²) in [7, 11) is -3.13. The molecule has 0 N–H and O–H groups in total. The highest BCUT2D eigenvalue weighted by atomic mass is 32.2. The largest absolute Gasteiger partial charge is 0.220 e. The molecule has 0 fully saturated rings. The summed E-state index contributed by atoms with van der Waals surface area (Å²) in [6, 6.07) is 10.0. The summed E-state index contributed by atoms with van der Waals surface area (Å²) in [6.07, 6.45) is 1.83. The van der Waals surface area contributed by atoms with Crippen LogP contribution in [0.2, 0.25) is 0 Å². The van der Waals surface area contributed by atoms with Crippen molar-refractivity contribution < 1.29 is 8.42 Å². The molecule has 0 aliphatic heterocycles. The molecule has 0 spiro atoms. The first-order valence-electron chi connectivity index (χ1n) is 4.23. The van der Waals surface area contributed by atoms with Crippen LogP contribution >= 0.6 is 0 Å². The van der Waals surface area contributed by atoms with Gasteiger partial charge in [-0.3, -0.25) is 0 Å². The SMILES string of the molecule is C=CS(=O)(=O)C=C.C=Cc1ccccc1. The Morgan fingerprint density at radius 1 is 0.933 bits per heavy atom. The maximum atomic E-state index is 10.1. The third kappa shape index (κ3) is 6.46. The smallest absolute Gasteiger partial charge is 0.191 e. The number of hydrogen-bond donors (Lipinski definition) is 0. The van der Waals surface area contributed by atoms with E-state index in [0.717, 1.165) is 10.8 Å². The molecule has 0 aliphatic rings. The molecule has 2 nitrogen and oxygen atoms in total. The van der Waals surface area contributed by atoms with Gasteiger partial charge in [0.2, 0.25) is 0 Å². The van der Waals surface area contributed by atoms with E-state index < -0.39 is 9.84 Å². The van der Waals surface area contributed by atoms with Crippen LogP contribution in [0, 0.1) is 0 Å². The van der Waals surface area contributed by atoms with Crippen molar-refractivity contribution in [1.29, 1.82) is 0 Å². The van der Waals surface area contributed by atoms with Crippen molar-refractivity contribution >= 4 is 15.9 Å². The normalized spacial score (nSPS) is 9.33. The summed E-state index contributed by atoms with van der Waals surface area (Å²) in [6.45, 7) is 9.72. The highest BCUT2D eigenvalue weighted by Gasteiger charge is 1.90. The van der Waals surface area contributed by atoms with Gasteiger partial charge in [0.1, 0.15) is 0 Å². The Morgan fingerprint density at radius 2 is 1.40 bits per heavy atom. The van der Waals surface area contributed by atoms with Crippen LogP contribution in [0.1, 0.15) is 5.56 Å². The Bertz CT molecular complexity index is 402. The number of hydrogen-bond acceptors (Lipinski definition) is 2. The summed E-state index contributed by atoms with van der Waals surface area (Å²) in [4.78, 5) is 0. The molecule has 0 heterocycles. The van der Waals surface area contributed by atoms with E-state index in [2.05, 4.69) is 19.7 Å². The molecule has 0 radical (unpaired) electrons. The van der Waals surface area contributed by atoms with Crippen molar-refractivity contribution in [1.82, 2.24) is 0 Å². The number of sulfone groups is 1. The Hall–Kier alpha value is -1.61. The second-order valence-corrected chi connectivity index (χ2v) is 4.38.